The molecule has 5 rings (SSSR count). The van der Waals surface area contributed by atoms with Crippen LogP contribution in [0.15, 0.2) is 90.3 Å². The molecule has 9 heteroatoms. The highest BCUT2D eigenvalue weighted by molar-refractivity contribution is 7.13. The lowest BCUT2D eigenvalue weighted by atomic mass is 9.96. The van der Waals surface area contributed by atoms with Gasteiger partial charge in [-0.1, -0.05) is 78.3 Å². The number of nitrogens with one attached hydrogen (secondary N) is 2. The smallest absolute Gasteiger partial charge is 0.325 e. The summed E-state index contributed by atoms with van der Waals surface area (Å²) in [5, 5.41) is 8.38. The molecule has 1 aliphatic rings. The molecule has 4 aromatic rings. The van der Waals surface area contributed by atoms with Crippen molar-refractivity contribution in [3.05, 3.63) is 112 Å². The van der Waals surface area contributed by atoms with Crippen molar-refractivity contribution in [1.82, 2.24) is 14.8 Å². The molecule has 0 atom stereocenters. The summed E-state index contributed by atoms with van der Waals surface area (Å²) in [4.78, 5) is 34.1. The molecule has 1 aliphatic heterocycles. The van der Waals surface area contributed by atoms with Crippen LogP contribution >= 0.6 is 22.9 Å². The first-order valence-electron chi connectivity index (χ1n) is 12.9. The van der Waals surface area contributed by atoms with Crippen LogP contribution in [0.3, 0.4) is 0 Å². The molecule has 0 unspecified atom stereocenters. The van der Waals surface area contributed by atoms with E-state index in [1.807, 2.05) is 22.4 Å². The van der Waals surface area contributed by atoms with Gasteiger partial charge in [0.15, 0.2) is 5.13 Å². The number of aryl methyl sites for hydroxylation is 1. The molecule has 0 radical (unpaired) electrons. The summed E-state index contributed by atoms with van der Waals surface area (Å²) in [6.07, 6.45) is 0.919. The third-order valence-corrected chi connectivity index (χ3v) is 7.75. The van der Waals surface area contributed by atoms with E-state index < -0.39 is 6.03 Å². The van der Waals surface area contributed by atoms with Gasteiger partial charge in [-0.25, -0.2) is 9.78 Å². The van der Waals surface area contributed by atoms with Crippen LogP contribution in [0.1, 0.15) is 29.3 Å². The Bertz CT molecular complexity index is 1350. The molecule has 2 heterocycles. The predicted octanol–water partition coefficient (Wildman–Crippen LogP) is 6.31. The fourth-order valence-electron chi connectivity index (χ4n) is 4.81. The number of aromatic nitrogens is 1. The fourth-order valence-corrected chi connectivity index (χ4v) is 5.74. The second kappa shape index (κ2) is 12.9. The van der Waals surface area contributed by atoms with Crippen molar-refractivity contribution in [2.45, 2.75) is 18.9 Å². The van der Waals surface area contributed by atoms with Gasteiger partial charge in [-0.05, 0) is 35.7 Å². The number of carbonyl (C=O) groups excluding carboxylic acids is 2. The minimum absolute atomic E-state index is 0.131. The Morgan fingerprint density at radius 1 is 0.872 bits per heavy atom. The number of piperazine rings is 1. The van der Waals surface area contributed by atoms with Crippen LogP contribution in [0, 0.1) is 0 Å². The van der Waals surface area contributed by atoms with Crippen LogP contribution in [0.25, 0.3) is 0 Å². The van der Waals surface area contributed by atoms with Crippen molar-refractivity contribution >= 4 is 45.7 Å². The van der Waals surface area contributed by atoms with Gasteiger partial charge in [0.1, 0.15) is 0 Å². The van der Waals surface area contributed by atoms with Gasteiger partial charge in [-0.2, -0.15) is 0 Å². The number of halogens is 1. The van der Waals surface area contributed by atoms with E-state index in [-0.39, 0.29) is 11.9 Å². The van der Waals surface area contributed by atoms with E-state index in [0.29, 0.717) is 41.8 Å². The van der Waals surface area contributed by atoms with E-state index in [0.717, 1.165) is 18.8 Å². The van der Waals surface area contributed by atoms with Crippen molar-refractivity contribution in [1.29, 1.82) is 0 Å². The van der Waals surface area contributed by atoms with E-state index in [4.69, 9.17) is 11.6 Å². The van der Waals surface area contributed by atoms with Crippen LogP contribution in [-0.4, -0.2) is 52.9 Å². The Kier molecular flexibility index (Phi) is 8.88. The minimum atomic E-state index is -0.392. The minimum Gasteiger partial charge on any atom is -0.340 e. The molecular formula is C30H30ClN5O2S. The molecule has 0 spiro atoms. The Hall–Kier alpha value is -3.72. The van der Waals surface area contributed by atoms with E-state index in [1.165, 1.54) is 22.5 Å². The summed E-state index contributed by atoms with van der Waals surface area (Å²) in [7, 11) is 0. The highest BCUT2D eigenvalue weighted by atomic mass is 35.5. The van der Waals surface area contributed by atoms with Gasteiger partial charge in [0, 0.05) is 48.7 Å². The van der Waals surface area contributed by atoms with Crippen molar-refractivity contribution in [2.24, 2.45) is 0 Å². The van der Waals surface area contributed by atoms with Gasteiger partial charge < -0.3 is 10.2 Å². The zero-order valence-electron chi connectivity index (χ0n) is 21.4. The molecule has 3 amide bonds. The van der Waals surface area contributed by atoms with E-state index in [1.54, 1.807) is 24.3 Å². The number of rotatable bonds is 8. The Labute approximate surface area is 237 Å². The first-order chi connectivity index (χ1) is 19.0. The van der Waals surface area contributed by atoms with Gasteiger partial charge in [-0.15, -0.1) is 11.3 Å². The molecule has 0 saturated carbocycles. The molecule has 7 nitrogen and oxygen atoms in total. The second-order valence-corrected chi connectivity index (χ2v) is 10.7. The van der Waals surface area contributed by atoms with Crippen molar-refractivity contribution in [3.63, 3.8) is 0 Å². The average molecular weight is 560 g/mol. The van der Waals surface area contributed by atoms with Gasteiger partial charge in [0.05, 0.1) is 11.7 Å². The van der Waals surface area contributed by atoms with Crippen LogP contribution in [0.2, 0.25) is 5.02 Å². The molecule has 200 valence electrons. The summed E-state index contributed by atoms with van der Waals surface area (Å²) < 4.78 is 0. The van der Waals surface area contributed by atoms with Gasteiger partial charge >= 0.3 is 6.03 Å². The summed E-state index contributed by atoms with van der Waals surface area (Å²) in [6.45, 7) is 3.02. The third-order valence-electron chi connectivity index (χ3n) is 6.71. The zero-order chi connectivity index (χ0) is 27.0. The molecule has 1 aromatic heterocycles. The molecule has 3 aromatic carbocycles. The number of benzene rings is 3. The molecular weight excluding hydrogens is 530 g/mol. The van der Waals surface area contributed by atoms with Crippen LogP contribution in [-0.2, 0) is 11.2 Å². The highest BCUT2D eigenvalue weighted by Gasteiger charge is 2.28. The number of amides is 3. The number of hydrogen-bond donors (Lipinski definition) is 2. The van der Waals surface area contributed by atoms with E-state index >= 15 is 0 Å². The number of anilines is 2. The summed E-state index contributed by atoms with van der Waals surface area (Å²) in [5.41, 5.74) is 3.91. The van der Waals surface area contributed by atoms with Crippen molar-refractivity contribution in [3.8, 4) is 0 Å². The van der Waals surface area contributed by atoms with Gasteiger partial charge in [0.25, 0.3) is 0 Å². The number of carbonyl (C=O) groups is 2. The number of hydrogen-bond acceptors (Lipinski definition) is 5. The second-order valence-electron chi connectivity index (χ2n) is 9.37. The third kappa shape index (κ3) is 7.23. The normalized spacial score (nSPS) is 13.8. The molecule has 1 saturated heterocycles. The Morgan fingerprint density at radius 2 is 1.54 bits per heavy atom. The standard InChI is InChI=1S/C30H30ClN5O2S/c31-24-12-7-13-25(20-24)32-29(38)34-30-33-26(21-39-30)14-15-27(37)35-16-18-36(19-17-35)28(22-8-3-1-4-9-22)23-10-5-2-6-11-23/h1-13,20-21,28H,14-19H2,(H2,32,33,34,38). The Morgan fingerprint density at radius 3 is 2.18 bits per heavy atom. The topological polar surface area (TPSA) is 77.6 Å². The van der Waals surface area contributed by atoms with Crippen LogP contribution in [0.5, 0.6) is 0 Å². The maximum Gasteiger partial charge on any atom is 0.325 e. The number of nitrogens with zero attached hydrogens (tertiary/aromatic N) is 3. The van der Waals surface area contributed by atoms with Crippen molar-refractivity contribution in [2.75, 3.05) is 36.8 Å². The quantitative estimate of drug-likeness (QED) is 0.265. The predicted molar refractivity (Wildman–Crippen MR) is 157 cm³/mol. The monoisotopic (exact) mass is 559 g/mol. The largest absolute Gasteiger partial charge is 0.340 e. The highest BCUT2D eigenvalue weighted by Crippen LogP contribution is 2.29. The average Bonchev–Trinajstić information content (AvgIpc) is 3.40. The lowest BCUT2D eigenvalue weighted by Gasteiger charge is -2.39. The van der Waals surface area contributed by atoms with E-state index in [2.05, 4.69) is 69.0 Å². The lowest BCUT2D eigenvalue weighted by molar-refractivity contribution is -0.133. The van der Waals surface area contributed by atoms with Gasteiger partial charge in [0.2, 0.25) is 5.91 Å². The maximum atomic E-state index is 13.0. The fraction of sp³-hybridized carbons (Fsp3) is 0.233. The number of thiazole rings is 1. The van der Waals surface area contributed by atoms with E-state index in [9.17, 15) is 9.59 Å². The molecule has 0 aliphatic carbocycles. The SMILES string of the molecule is O=C(Nc1cccc(Cl)c1)Nc1nc(CCC(=O)N2CCN(C(c3ccccc3)c3ccccc3)CC2)cs1. The molecule has 1 fully saturated rings. The zero-order valence-corrected chi connectivity index (χ0v) is 23.0. The lowest BCUT2D eigenvalue weighted by Crippen LogP contribution is -2.49. The molecule has 0 bridgehead atoms. The summed E-state index contributed by atoms with van der Waals surface area (Å²) in [6, 6.07) is 27.8. The van der Waals surface area contributed by atoms with Gasteiger partial charge in [-0.3, -0.25) is 15.0 Å². The first kappa shape index (κ1) is 26.9. The first-order valence-corrected chi connectivity index (χ1v) is 14.2. The van der Waals surface area contributed by atoms with Crippen LogP contribution < -0.4 is 10.6 Å². The van der Waals surface area contributed by atoms with Crippen molar-refractivity contribution < 1.29 is 9.59 Å². The molecule has 2 N–H and O–H groups in total. The number of urea groups is 1. The Balaban J connectivity index is 1.11. The molecule has 39 heavy (non-hydrogen) atoms. The summed E-state index contributed by atoms with van der Waals surface area (Å²) in [5.74, 6) is 0.131. The van der Waals surface area contributed by atoms with Crippen LogP contribution in [0.4, 0.5) is 15.6 Å². The maximum absolute atomic E-state index is 13.0. The summed E-state index contributed by atoms with van der Waals surface area (Å²) >= 11 is 7.30.